The zero-order valence-electron chi connectivity index (χ0n) is 11.4. The van der Waals surface area contributed by atoms with E-state index >= 15 is 0 Å². The maximum absolute atomic E-state index is 6.09. The number of methoxy groups -OCH3 is 1. The molecule has 0 saturated carbocycles. The van der Waals surface area contributed by atoms with Gasteiger partial charge in [-0.1, -0.05) is 0 Å². The van der Waals surface area contributed by atoms with Gasteiger partial charge >= 0.3 is 0 Å². The van der Waals surface area contributed by atoms with Crippen LogP contribution in [0.3, 0.4) is 0 Å². The van der Waals surface area contributed by atoms with E-state index in [1.807, 2.05) is 41.1 Å². The fourth-order valence-electron chi connectivity index (χ4n) is 2.58. The van der Waals surface area contributed by atoms with Gasteiger partial charge in [-0.05, 0) is 36.4 Å². The van der Waals surface area contributed by atoms with Crippen LogP contribution in [0.1, 0.15) is 0 Å². The molecule has 0 fully saturated rings. The summed E-state index contributed by atoms with van der Waals surface area (Å²) >= 11 is 0. The smallest absolute Gasteiger partial charge is 0.125 e. The normalized spacial score (nSPS) is 11.3. The Morgan fingerprint density at radius 3 is 2.67 bits per heavy atom. The Bertz CT molecular complexity index is 936. The summed E-state index contributed by atoms with van der Waals surface area (Å²) in [5, 5.41) is 13.2. The molecule has 2 heterocycles. The Morgan fingerprint density at radius 1 is 1.10 bits per heavy atom. The molecule has 4 rings (SSSR count). The molecule has 0 radical (unpaired) electrons. The van der Waals surface area contributed by atoms with Gasteiger partial charge in [0.25, 0.3) is 0 Å². The number of hydrogen-bond acceptors (Lipinski definition) is 4. The summed E-state index contributed by atoms with van der Waals surface area (Å²) in [4.78, 5) is 0. The molecule has 0 aliphatic rings. The largest absolute Gasteiger partial charge is 0.497 e. The molecular formula is C15H13N5O. The van der Waals surface area contributed by atoms with E-state index in [1.54, 1.807) is 13.3 Å². The number of anilines is 1. The second-order valence-corrected chi connectivity index (χ2v) is 4.80. The minimum Gasteiger partial charge on any atom is -0.497 e. The standard InChI is InChI=1S/C15H13N5O/c1-21-10-4-2-9(3-5-10)20-14-11(15(16)19-20)6-7-13-12(14)8-17-18-13/h2-8,19H,16H2,1H3. The second-order valence-electron chi connectivity index (χ2n) is 4.80. The molecule has 21 heavy (non-hydrogen) atoms. The maximum atomic E-state index is 6.09. The fourth-order valence-corrected chi connectivity index (χ4v) is 2.58. The molecule has 3 N–H and O–H groups in total. The average Bonchev–Trinajstić information content (AvgIpc) is 3.11. The Kier molecular flexibility index (Phi) is 2.38. The van der Waals surface area contributed by atoms with E-state index in [0.29, 0.717) is 5.82 Å². The summed E-state index contributed by atoms with van der Waals surface area (Å²) < 4.78 is 7.13. The number of nitrogen functional groups attached to an aromatic ring is 1. The molecule has 6 heteroatoms. The number of rotatable bonds is 2. The van der Waals surface area contributed by atoms with Crippen LogP contribution < -0.4 is 10.5 Å². The minimum absolute atomic E-state index is 0.615. The molecule has 0 aliphatic carbocycles. The summed E-state index contributed by atoms with van der Waals surface area (Å²) in [6, 6.07) is 11.6. The summed E-state index contributed by atoms with van der Waals surface area (Å²) in [5.41, 5.74) is 8.88. The molecule has 4 aromatic rings. The number of hydrogen-bond donors (Lipinski definition) is 2. The lowest BCUT2D eigenvalue weighted by atomic mass is 10.2. The van der Waals surface area contributed by atoms with Gasteiger partial charge in [0.2, 0.25) is 0 Å². The van der Waals surface area contributed by atoms with Crippen molar-refractivity contribution in [2.75, 3.05) is 12.8 Å². The number of nitrogens with zero attached hydrogens (tertiary/aromatic N) is 3. The van der Waals surface area contributed by atoms with E-state index in [1.165, 1.54) is 0 Å². The lowest BCUT2D eigenvalue weighted by Gasteiger charge is -2.06. The number of aromatic amines is 1. The van der Waals surface area contributed by atoms with Crippen molar-refractivity contribution in [3.63, 3.8) is 0 Å². The van der Waals surface area contributed by atoms with E-state index in [4.69, 9.17) is 10.5 Å². The first-order valence-electron chi connectivity index (χ1n) is 6.52. The Morgan fingerprint density at radius 2 is 1.90 bits per heavy atom. The summed E-state index contributed by atoms with van der Waals surface area (Å²) in [7, 11) is 1.65. The van der Waals surface area contributed by atoms with Gasteiger partial charge in [0.15, 0.2) is 0 Å². The van der Waals surface area contributed by atoms with Gasteiger partial charge in [-0.15, -0.1) is 0 Å². The van der Waals surface area contributed by atoms with Crippen LogP contribution in [0.15, 0.2) is 42.6 Å². The van der Waals surface area contributed by atoms with Crippen molar-refractivity contribution in [1.82, 2.24) is 20.0 Å². The molecule has 0 spiro atoms. The molecule has 0 amide bonds. The van der Waals surface area contributed by atoms with E-state index in [9.17, 15) is 0 Å². The molecule has 0 atom stereocenters. The Balaban J connectivity index is 2.04. The zero-order chi connectivity index (χ0) is 14.4. The predicted molar refractivity (Wildman–Crippen MR) is 81.7 cm³/mol. The van der Waals surface area contributed by atoms with Crippen LogP contribution >= 0.6 is 0 Å². The summed E-state index contributed by atoms with van der Waals surface area (Å²) in [5.74, 6) is 1.42. The minimum atomic E-state index is 0.615. The molecule has 2 aromatic heterocycles. The predicted octanol–water partition coefficient (Wildman–Crippen LogP) is 2.49. The van der Waals surface area contributed by atoms with Crippen molar-refractivity contribution in [2.45, 2.75) is 0 Å². The Labute approximate surface area is 120 Å². The second kappa shape index (κ2) is 4.24. The van der Waals surface area contributed by atoms with Crippen molar-refractivity contribution < 1.29 is 4.74 Å². The van der Waals surface area contributed by atoms with Crippen molar-refractivity contribution in [3.8, 4) is 11.4 Å². The molecule has 0 unspecified atom stereocenters. The van der Waals surface area contributed by atoms with Crippen molar-refractivity contribution >= 4 is 27.6 Å². The highest BCUT2D eigenvalue weighted by atomic mass is 16.5. The van der Waals surface area contributed by atoms with Gasteiger partial charge in [0, 0.05) is 10.8 Å². The fraction of sp³-hybridized carbons (Fsp3) is 0.0667. The summed E-state index contributed by atoms with van der Waals surface area (Å²) in [6.07, 6.45) is 1.75. The van der Waals surface area contributed by atoms with Gasteiger partial charge in [-0.2, -0.15) is 10.2 Å². The van der Waals surface area contributed by atoms with Crippen LogP contribution in [0.25, 0.3) is 27.5 Å². The number of ether oxygens (including phenoxy) is 1. The van der Waals surface area contributed by atoms with Gasteiger partial charge < -0.3 is 10.5 Å². The lowest BCUT2D eigenvalue weighted by molar-refractivity contribution is 0.414. The van der Waals surface area contributed by atoms with E-state index in [-0.39, 0.29) is 0 Å². The first-order valence-corrected chi connectivity index (χ1v) is 6.52. The first-order chi connectivity index (χ1) is 10.3. The third kappa shape index (κ3) is 1.66. The number of benzene rings is 2. The number of nitrogens with one attached hydrogen (secondary N) is 1. The van der Waals surface area contributed by atoms with Gasteiger partial charge in [0.05, 0.1) is 30.0 Å². The highest BCUT2D eigenvalue weighted by molar-refractivity contribution is 6.08. The van der Waals surface area contributed by atoms with Crippen LogP contribution in [0, 0.1) is 0 Å². The number of H-pyrrole nitrogens is 1. The Hall–Kier alpha value is -3.02. The molecule has 6 nitrogen and oxygen atoms in total. The van der Waals surface area contributed by atoms with Gasteiger partial charge in [0.1, 0.15) is 11.6 Å². The van der Waals surface area contributed by atoms with Crippen molar-refractivity contribution in [1.29, 1.82) is 0 Å². The van der Waals surface area contributed by atoms with E-state index < -0.39 is 0 Å². The van der Waals surface area contributed by atoms with Crippen LogP contribution in [-0.4, -0.2) is 27.1 Å². The molecule has 0 aliphatic heterocycles. The van der Waals surface area contributed by atoms with Gasteiger partial charge in [-0.25, -0.2) is 0 Å². The maximum Gasteiger partial charge on any atom is 0.125 e. The molecule has 104 valence electrons. The number of fused-ring (bicyclic) bond motifs is 3. The molecule has 0 bridgehead atoms. The van der Waals surface area contributed by atoms with Crippen LogP contribution in [-0.2, 0) is 0 Å². The third-order valence-corrected chi connectivity index (χ3v) is 3.62. The number of aromatic nitrogens is 4. The van der Waals surface area contributed by atoms with Crippen LogP contribution in [0.4, 0.5) is 5.82 Å². The van der Waals surface area contributed by atoms with E-state index in [2.05, 4.69) is 15.3 Å². The highest BCUT2D eigenvalue weighted by Crippen LogP contribution is 2.30. The first kappa shape index (κ1) is 11.8. The monoisotopic (exact) mass is 279 g/mol. The average molecular weight is 279 g/mol. The molecule has 2 aromatic carbocycles. The van der Waals surface area contributed by atoms with E-state index in [0.717, 1.165) is 33.2 Å². The topological polar surface area (TPSA) is 81.8 Å². The highest BCUT2D eigenvalue weighted by Gasteiger charge is 2.13. The quantitative estimate of drug-likeness (QED) is 0.590. The summed E-state index contributed by atoms with van der Waals surface area (Å²) in [6.45, 7) is 0. The number of nitrogens with two attached hydrogens (primary N) is 1. The molecular weight excluding hydrogens is 266 g/mol. The van der Waals surface area contributed by atoms with Crippen LogP contribution in [0.5, 0.6) is 5.75 Å². The van der Waals surface area contributed by atoms with Gasteiger partial charge in [-0.3, -0.25) is 9.78 Å². The third-order valence-electron chi connectivity index (χ3n) is 3.62. The lowest BCUT2D eigenvalue weighted by Crippen LogP contribution is -1.97. The zero-order valence-corrected chi connectivity index (χ0v) is 11.4. The van der Waals surface area contributed by atoms with Crippen molar-refractivity contribution in [2.24, 2.45) is 0 Å². The molecule has 0 saturated heterocycles. The SMILES string of the molecule is COc1ccc(-n2[nH]c(N)c3ccc4nncc4c32)cc1. The van der Waals surface area contributed by atoms with Crippen LogP contribution in [0.2, 0.25) is 0 Å². The van der Waals surface area contributed by atoms with Crippen molar-refractivity contribution in [3.05, 3.63) is 42.6 Å².